The molecule has 1 aliphatic rings. The van der Waals surface area contributed by atoms with Crippen LogP contribution in [0.4, 0.5) is 8.78 Å². The summed E-state index contributed by atoms with van der Waals surface area (Å²) in [5, 5.41) is 0. The lowest BCUT2D eigenvalue weighted by Crippen LogP contribution is -2.33. The number of halogens is 2. The highest BCUT2D eigenvalue weighted by Crippen LogP contribution is 2.38. The Morgan fingerprint density at radius 3 is 2.69 bits per heavy atom. The van der Waals surface area contributed by atoms with Gasteiger partial charge in [-0.05, 0) is 25.0 Å². The van der Waals surface area contributed by atoms with E-state index in [0.717, 1.165) is 17.4 Å². The minimum Gasteiger partial charge on any atom is -0.465 e. The number of carbonyl (C=O) groups excluding carboxylic acids is 1. The molecule has 0 atom stereocenters. The Labute approximate surface area is 191 Å². The molecule has 0 spiro atoms. The monoisotopic (exact) mass is 484 g/mol. The highest BCUT2D eigenvalue weighted by Gasteiger charge is 2.36. The summed E-state index contributed by atoms with van der Waals surface area (Å²) in [6.45, 7) is 8.59. The van der Waals surface area contributed by atoms with Crippen molar-refractivity contribution in [2.45, 2.75) is 37.6 Å². The second kappa shape index (κ2) is 9.78. The van der Waals surface area contributed by atoms with Gasteiger partial charge >= 0.3 is 5.97 Å². The Bertz CT molecular complexity index is 1150. The molecule has 1 aromatic carbocycles. The van der Waals surface area contributed by atoms with Gasteiger partial charge in [-0.3, -0.25) is 4.90 Å². The van der Waals surface area contributed by atoms with Crippen LogP contribution in [0.25, 0.3) is 0 Å². The van der Waals surface area contributed by atoms with Gasteiger partial charge in [-0.1, -0.05) is 31.2 Å². The van der Waals surface area contributed by atoms with Crippen LogP contribution in [0.5, 0.6) is 0 Å². The number of carbonyl (C=O) groups is 1. The van der Waals surface area contributed by atoms with Crippen LogP contribution in [0.3, 0.4) is 0 Å². The summed E-state index contributed by atoms with van der Waals surface area (Å²) in [4.78, 5) is 15.2. The van der Waals surface area contributed by atoms with Crippen LogP contribution in [-0.4, -0.2) is 50.3 Å². The predicted molar refractivity (Wildman–Crippen MR) is 119 cm³/mol. The van der Waals surface area contributed by atoms with Gasteiger partial charge in [0.25, 0.3) is 10.0 Å². The lowest BCUT2D eigenvalue weighted by atomic mass is 10.0. The fourth-order valence-electron chi connectivity index (χ4n) is 3.75. The van der Waals surface area contributed by atoms with Gasteiger partial charge in [0.15, 0.2) is 11.6 Å². The summed E-state index contributed by atoms with van der Waals surface area (Å²) >= 11 is 1.04. The highest BCUT2D eigenvalue weighted by molar-refractivity contribution is 7.91. The maximum atomic E-state index is 14.1. The quantitative estimate of drug-likeness (QED) is 0.419. The first-order chi connectivity index (χ1) is 15.1. The summed E-state index contributed by atoms with van der Waals surface area (Å²) in [6, 6.07) is 4.04. The maximum Gasteiger partial charge on any atom is 0.340 e. The average molecular weight is 485 g/mol. The van der Waals surface area contributed by atoms with Crippen LogP contribution < -0.4 is 0 Å². The molecule has 32 heavy (non-hydrogen) atoms. The van der Waals surface area contributed by atoms with Gasteiger partial charge in [0.05, 0.1) is 12.7 Å². The molecular weight excluding hydrogens is 458 g/mol. The van der Waals surface area contributed by atoms with Crippen LogP contribution >= 0.6 is 11.3 Å². The standard InChI is InChI=1S/C22H26F2N2O4S2/c1-5-26(11-14(2)3)32(28,29)22-19(21(27)30-4)16-9-10-25(13-18(16)31-22)12-15-7-6-8-17(23)20(15)24/h6-8H,2,5,9-13H2,1,3-4H3. The number of hydrogen-bond acceptors (Lipinski definition) is 6. The number of sulfonamides is 1. The second-order valence-electron chi connectivity index (χ2n) is 7.72. The lowest BCUT2D eigenvalue weighted by Gasteiger charge is -2.27. The number of benzene rings is 1. The van der Waals surface area contributed by atoms with E-state index in [9.17, 15) is 22.0 Å². The van der Waals surface area contributed by atoms with Crippen molar-refractivity contribution < 1.29 is 26.7 Å². The Hall–Kier alpha value is -2.14. The number of fused-ring (bicyclic) bond motifs is 1. The van der Waals surface area contributed by atoms with E-state index in [4.69, 9.17) is 4.74 Å². The maximum absolute atomic E-state index is 14.1. The molecule has 0 unspecified atom stereocenters. The molecule has 1 aromatic heterocycles. The van der Waals surface area contributed by atoms with Gasteiger partial charge in [0.1, 0.15) is 4.21 Å². The van der Waals surface area contributed by atoms with Gasteiger partial charge in [0.2, 0.25) is 0 Å². The number of ether oxygens (including phenoxy) is 1. The van der Waals surface area contributed by atoms with E-state index in [1.807, 2.05) is 4.90 Å². The van der Waals surface area contributed by atoms with Gasteiger partial charge in [-0.25, -0.2) is 22.0 Å². The number of thiophene rings is 1. The van der Waals surface area contributed by atoms with Crippen LogP contribution in [0, 0.1) is 11.6 Å². The van der Waals surface area contributed by atoms with Crippen molar-refractivity contribution in [3.8, 4) is 0 Å². The predicted octanol–water partition coefficient (Wildman–Crippen LogP) is 3.96. The molecule has 3 rings (SSSR count). The molecule has 1 aliphatic heterocycles. The van der Waals surface area contributed by atoms with Crippen molar-refractivity contribution >= 4 is 27.3 Å². The van der Waals surface area contributed by atoms with Gasteiger partial charge in [-0.15, -0.1) is 11.3 Å². The summed E-state index contributed by atoms with van der Waals surface area (Å²) < 4.78 is 60.6. The minimum atomic E-state index is -3.95. The third-order valence-electron chi connectivity index (χ3n) is 5.29. The third-order valence-corrected chi connectivity index (χ3v) is 8.92. The van der Waals surface area contributed by atoms with Crippen molar-refractivity contribution in [1.29, 1.82) is 0 Å². The van der Waals surface area contributed by atoms with Crippen molar-refractivity contribution in [1.82, 2.24) is 9.21 Å². The molecule has 174 valence electrons. The third kappa shape index (κ3) is 4.78. The van der Waals surface area contributed by atoms with E-state index in [-0.39, 0.29) is 35.0 Å². The molecule has 0 saturated heterocycles. The van der Waals surface area contributed by atoms with Crippen LogP contribution in [-0.2, 0) is 34.3 Å². The van der Waals surface area contributed by atoms with E-state index >= 15 is 0 Å². The zero-order valence-electron chi connectivity index (χ0n) is 18.3. The topological polar surface area (TPSA) is 66.9 Å². The summed E-state index contributed by atoms with van der Waals surface area (Å²) in [7, 11) is -2.73. The molecule has 0 bridgehead atoms. The normalized spacial score (nSPS) is 14.4. The zero-order valence-corrected chi connectivity index (χ0v) is 19.9. The molecule has 0 saturated carbocycles. The molecule has 6 nitrogen and oxygen atoms in total. The molecule has 0 fully saturated rings. The molecule has 2 heterocycles. The van der Waals surface area contributed by atoms with E-state index in [1.54, 1.807) is 13.8 Å². The second-order valence-corrected chi connectivity index (χ2v) is 11.0. The van der Waals surface area contributed by atoms with Gasteiger partial charge in [-0.2, -0.15) is 4.31 Å². The van der Waals surface area contributed by atoms with Crippen LogP contribution in [0.1, 0.15) is 40.2 Å². The van der Waals surface area contributed by atoms with E-state index in [1.165, 1.54) is 23.5 Å². The first-order valence-electron chi connectivity index (χ1n) is 10.1. The van der Waals surface area contributed by atoms with Crippen molar-refractivity contribution in [3.63, 3.8) is 0 Å². The van der Waals surface area contributed by atoms with Gasteiger partial charge < -0.3 is 4.74 Å². The number of hydrogen-bond donors (Lipinski definition) is 0. The average Bonchev–Trinajstić information content (AvgIpc) is 3.14. The lowest BCUT2D eigenvalue weighted by molar-refractivity contribution is 0.0595. The Balaban J connectivity index is 1.98. The highest BCUT2D eigenvalue weighted by atomic mass is 32.2. The largest absolute Gasteiger partial charge is 0.465 e. The molecule has 0 amide bonds. The Morgan fingerprint density at radius 1 is 1.34 bits per heavy atom. The van der Waals surface area contributed by atoms with E-state index in [0.29, 0.717) is 35.5 Å². The smallest absolute Gasteiger partial charge is 0.340 e. The number of nitrogens with zero attached hydrogens (tertiary/aromatic N) is 2. The van der Waals surface area contributed by atoms with Crippen molar-refractivity contribution in [2.75, 3.05) is 26.7 Å². The molecule has 10 heteroatoms. The molecule has 0 N–H and O–H groups in total. The number of rotatable bonds is 8. The first-order valence-corrected chi connectivity index (χ1v) is 12.4. The fourth-order valence-corrected chi connectivity index (χ4v) is 7.33. The van der Waals surface area contributed by atoms with Crippen molar-refractivity contribution in [2.24, 2.45) is 0 Å². The van der Waals surface area contributed by atoms with Crippen LogP contribution in [0.15, 0.2) is 34.6 Å². The minimum absolute atomic E-state index is 0.0452. The number of esters is 1. The number of methoxy groups -OCH3 is 1. The SMILES string of the molecule is C=C(C)CN(CC)S(=O)(=O)c1sc2c(c1C(=O)OC)CCN(Cc1cccc(F)c1F)C2. The molecule has 0 aliphatic carbocycles. The Morgan fingerprint density at radius 2 is 2.06 bits per heavy atom. The summed E-state index contributed by atoms with van der Waals surface area (Å²) in [5.41, 5.74) is 1.62. The Kier molecular flexibility index (Phi) is 7.49. The summed E-state index contributed by atoms with van der Waals surface area (Å²) in [5.74, 6) is -2.49. The van der Waals surface area contributed by atoms with E-state index < -0.39 is 27.6 Å². The molecule has 0 radical (unpaired) electrons. The number of likely N-dealkylation sites (N-methyl/N-ethyl adjacent to an activating group) is 1. The fraction of sp³-hybridized carbons (Fsp3) is 0.409. The molecular formula is C22H26F2N2O4S2. The van der Waals surface area contributed by atoms with Crippen LogP contribution in [0.2, 0.25) is 0 Å². The molecule has 2 aromatic rings. The van der Waals surface area contributed by atoms with Gasteiger partial charge in [0, 0.05) is 43.2 Å². The summed E-state index contributed by atoms with van der Waals surface area (Å²) in [6.07, 6.45) is 0.398. The first kappa shape index (κ1) is 24.5. The van der Waals surface area contributed by atoms with Crippen molar-refractivity contribution in [3.05, 3.63) is 63.6 Å². The van der Waals surface area contributed by atoms with E-state index in [2.05, 4.69) is 6.58 Å². The zero-order chi connectivity index (χ0) is 23.6.